The number of ether oxygens (including phenoxy) is 2. The lowest BCUT2D eigenvalue weighted by Gasteiger charge is -2.36. The summed E-state index contributed by atoms with van der Waals surface area (Å²) in [6.45, 7) is 9.04. The first kappa shape index (κ1) is 15.0. The zero-order valence-electron chi connectivity index (χ0n) is 13.3. The van der Waals surface area contributed by atoms with Gasteiger partial charge in [-0.1, -0.05) is 0 Å². The number of hydrogen-bond donors (Lipinski definition) is 0. The minimum atomic E-state index is 0.445. The van der Waals surface area contributed by atoms with Crippen LogP contribution in [0.5, 0.6) is 0 Å². The second-order valence-electron chi connectivity index (χ2n) is 6.27. The average Bonchev–Trinajstić information content (AvgIpc) is 2.92. The number of hydrogen-bond acceptors (Lipinski definition) is 4. The molecule has 0 unspecified atom stereocenters. The Hall–Kier alpha value is -0.910. The lowest BCUT2D eigenvalue weighted by molar-refractivity contribution is 0.0459. The summed E-state index contributed by atoms with van der Waals surface area (Å²) in [5, 5.41) is 4.54. The molecule has 5 nitrogen and oxygen atoms in total. The molecular weight excluding hydrogens is 266 g/mol. The Bertz CT molecular complexity index is 454. The van der Waals surface area contributed by atoms with Crippen LogP contribution < -0.4 is 0 Å². The molecule has 5 heteroatoms. The number of nitrogens with zero attached hydrogens (tertiary/aromatic N) is 3. The Kier molecular flexibility index (Phi) is 4.93. The fraction of sp³-hybridized carbons (Fsp3) is 0.812. The number of aryl methyl sites for hydroxylation is 1. The van der Waals surface area contributed by atoms with E-state index in [0.717, 1.165) is 45.4 Å². The number of methoxy groups -OCH3 is 1. The summed E-state index contributed by atoms with van der Waals surface area (Å²) in [7, 11) is 1.80. The van der Waals surface area contributed by atoms with Crippen molar-refractivity contribution in [3.63, 3.8) is 0 Å². The first-order valence-corrected chi connectivity index (χ1v) is 8.15. The summed E-state index contributed by atoms with van der Waals surface area (Å²) in [5.74, 6) is 1.23. The van der Waals surface area contributed by atoms with Gasteiger partial charge < -0.3 is 9.47 Å². The van der Waals surface area contributed by atoms with Gasteiger partial charge in [-0.05, 0) is 25.7 Å². The molecule has 118 valence electrons. The minimum absolute atomic E-state index is 0.445. The molecule has 0 saturated carbocycles. The van der Waals surface area contributed by atoms with Crippen molar-refractivity contribution in [2.24, 2.45) is 5.92 Å². The van der Waals surface area contributed by atoms with Gasteiger partial charge in [-0.3, -0.25) is 9.58 Å². The zero-order valence-corrected chi connectivity index (χ0v) is 13.3. The van der Waals surface area contributed by atoms with Crippen molar-refractivity contribution in [3.05, 3.63) is 17.5 Å². The van der Waals surface area contributed by atoms with E-state index in [4.69, 9.17) is 9.47 Å². The largest absolute Gasteiger partial charge is 0.384 e. The van der Waals surface area contributed by atoms with Crippen LogP contribution in [0.1, 0.15) is 36.9 Å². The summed E-state index contributed by atoms with van der Waals surface area (Å²) in [4.78, 5) is 2.59. The third-order valence-corrected chi connectivity index (χ3v) is 4.74. The van der Waals surface area contributed by atoms with E-state index < -0.39 is 0 Å². The normalized spacial score (nSPS) is 24.2. The van der Waals surface area contributed by atoms with E-state index in [-0.39, 0.29) is 0 Å². The summed E-state index contributed by atoms with van der Waals surface area (Å²) >= 11 is 0. The Morgan fingerprint density at radius 2 is 2.19 bits per heavy atom. The van der Waals surface area contributed by atoms with Gasteiger partial charge in [-0.25, -0.2) is 0 Å². The van der Waals surface area contributed by atoms with Crippen LogP contribution in [0.4, 0.5) is 0 Å². The van der Waals surface area contributed by atoms with Gasteiger partial charge >= 0.3 is 0 Å². The Balaban J connectivity index is 1.71. The second kappa shape index (κ2) is 6.90. The molecule has 3 rings (SSSR count). The minimum Gasteiger partial charge on any atom is -0.384 e. The highest BCUT2D eigenvalue weighted by Crippen LogP contribution is 2.30. The van der Waals surface area contributed by atoms with E-state index >= 15 is 0 Å². The molecule has 0 amide bonds. The fourth-order valence-electron chi connectivity index (χ4n) is 3.75. The summed E-state index contributed by atoms with van der Waals surface area (Å²) in [6.07, 6.45) is 4.46. The molecule has 2 aliphatic heterocycles. The lowest BCUT2D eigenvalue weighted by atomic mass is 9.94. The predicted molar refractivity (Wildman–Crippen MR) is 81.3 cm³/mol. The topological polar surface area (TPSA) is 39.5 Å². The summed E-state index contributed by atoms with van der Waals surface area (Å²) < 4.78 is 13.1. The van der Waals surface area contributed by atoms with Crippen LogP contribution in [-0.4, -0.2) is 54.7 Å². The van der Waals surface area contributed by atoms with Crippen molar-refractivity contribution >= 4 is 0 Å². The number of rotatable bonds is 5. The molecule has 2 aliphatic rings. The van der Waals surface area contributed by atoms with Crippen molar-refractivity contribution in [3.8, 4) is 0 Å². The van der Waals surface area contributed by atoms with Crippen molar-refractivity contribution in [1.29, 1.82) is 0 Å². The summed E-state index contributed by atoms with van der Waals surface area (Å²) in [5.41, 5.74) is 2.78. The van der Waals surface area contributed by atoms with E-state index in [2.05, 4.69) is 27.8 Å². The number of fused-ring (bicyclic) bond motifs is 1. The smallest absolute Gasteiger partial charge is 0.0558 e. The van der Waals surface area contributed by atoms with Crippen LogP contribution in [0, 0.1) is 5.92 Å². The molecule has 0 N–H and O–H groups in total. The quantitative estimate of drug-likeness (QED) is 0.831. The monoisotopic (exact) mass is 293 g/mol. The van der Waals surface area contributed by atoms with Gasteiger partial charge in [0.1, 0.15) is 0 Å². The van der Waals surface area contributed by atoms with Crippen LogP contribution in [0.25, 0.3) is 0 Å². The van der Waals surface area contributed by atoms with E-state index in [1.165, 1.54) is 30.6 Å². The van der Waals surface area contributed by atoms with Gasteiger partial charge in [0.15, 0.2) is 0 Å². The summed E-state index contributed by atoms with van der Waals surface area (Å²) in [6, 6.07) is 0. The fourth-order valence-corrected chi connectivity index (χ4v) is 3.75. The molecule has 21 heavy (non-hydrogen) atoms. The highest BCUT2D eigenvalue weighted by molar-refractivity contribution is 5.25. The highest BCUT2D eigenvalue weighted by atomic mass is 16.5. The van der Waals surface area contributed by atoms with E-state index in [1.54, 1.807) is 7.11 Å². The molecule has 1 atom stereocenters. The van der Waals surface area contributed by atoms with Crippen LogP contribution >= 0.6 is 0 Å². The maximum absolute atomic E-state index is 5.47. The SMILES string of the molecule is CCn1ncc2c1[C@H](COC)CN(CC1CCOCC1)C2. The maximum Gasteiger partial charge on any atom is 0.0558 e. The van der Waals surface area contributed by atoms with Crippen molar-refractivity contribution in [2.75, 3.05) is 40.0 Å². The van der Waals surface area contributed by atoms with Crippen molar-refractivity contribution < 1.29 is 9.47 Å². The van der Waals surface area contributed by atoms with Gasteiger partial charge in [0, 0.05) is 63.7 Å². The van der Waals surface area contributed by atoms with E-state index in [9.17, 15) is 0 Å². The van der Waals surface area contributed by atoms with Gasteiger partial charge in [0.2, 0.25) is 0 Å². The third-order valence-electron chi connectivity index (χ3n) is 4.74. The van der Waals surface area contributed by atoms with Crippen molar-refractivity contribution in [2.45, 2.75) is 38.8 Å². The van der Waals surface area contributed by atoms with E-state index in [0.29, 0.717) is 5.92 Å². The predicted octanol–water partition coefficient (Wildman–Crippen LogP) is 1.88. The molecule has 1 aromatic rings. The molecule has 0 aromatic carbocycles. The van der Waals surface area contributed by atoms with Crippen LogP contribution in [0.2, 0.25) is 0 Å². The first-order chi connectivity index (χ1) is 10.3. The number of aromatic nitrogens is 2. The Morgan fingerprint density at radius 1 is 1.38 bits per heavy atom. The molecule has 3 heterocycles. The molecule has 1 aromatic heterocycles. The molecule has 0 aliphatic carbocycles. The van der Waals surface area contributed by atoms with Crippen molar-refractivity contribution in [1.82, 2.24) is 14.7 Å². The molecular formula is C16H27N3O2. The lowest BCUT2D eigenvalue weighted by Crippen LogP contribution is -2.39. The van der Waals surface area contributed by atoms with Gasteiger partial charge in [0.25, 0.3) is 0 Å². The van der Waals surface area contributed by atoms with Gasteiger partial charge in [-0.15, -0.1) is 0 Å². The van der Waals surface area contributed by atoms with Crippen LogP contribution in [0.15, 0.2) is 6.20 Å². The molecule has 1 saturated heterocycles. The Labute approximate surface area is 127 Å². The molecule has 0 radical (unpaired) electrons. The van der Waals surface area contributed by atoms with E-state index in [1.807, 2.05) is 0 Å². The van der Waals surface area contributed by atoms with Crippen LogP contribution in [-0.2, 0) is 22.6 Å². The highest BCUT2D eigenvalue weighted by Gasteiger charge is 2.30. The second-order valence-corrected chi connectivity index (χ2v) is 6.27. The standard InChI is InChI=1S/C16H27N3O2/c1-3-19-16-14(8-17-19)10-18(11-15(16)12-20-2)9-13-4-6-21-7-5-13/h8,13,15H,3-7,9-12H2,1-2H3/t15-/m0/s1. The van der Waals surface area contributed by atoms with Gasteiger partial charge in [0.05, 0.1) is 12.8 Å². The third kappa shape index (κ3) is 3.30. The Morgan fingerprint density at radius 3 is 2.90 bits per heavy atom. The molecule has 0 bridgehead atoms. The maximum atomic E-state index is 5.47. The average molecular weight is 293 g/mol. The molecule has 1 fully saturated rings. The zero-order chi connectivity index (χ0) is 14.7. The molecule has 0 spiro atoms. The van der Waals surface area contributed by atoms with Crippen LogP contribution in [0.3, 0.4) is 0 Å². The van der Waals surface area contributed by atoms with Gasteiger partial charge in [-0.2, -0.15) is 5.10 Å². The first-order valence-electron chi connectivity index (χ1n) is 8.15.